The Hall–Kier alpha value is -0.910. The SMILES string of the molecule is Cc1n[nH]c(C)c1CNCC(C)(C)N1C[C@@H](C)O[C@H](C)C1. The van der Waals surface area contributed by atoms with Gasteiger partial charge in [-0.2, -0.15) is 5.10 Å². The van der Waals surface area contributed by atoms with Crippen LogP contribution in [0, 0.1) is 13.8 Å². The highest BCUT2D eigenvalue weighted by Gasteiger charge is 2.32. The van der Waals surface area contributed by atoms with E-state index in [4.69, 9.17) is 4.74 Å². The molecule has 1 aliphatic rings. The summed E-state index contributed by atoms with van der Waals surface area (Å²) in [6, 6.07) is 0. The molecule has 2 atom stereocenters. The van der Waals surface area contributed by atoms with Crippen molar-refractivity contribution >= 4 is 0 Å². The van der Waals surface area contributed by atoms with Crippen LogP contribution in [-0.4, -0.2) is 52.5 Å². The first-order chi connectivity index (χ1) is 9.79. The second-order valence-electron chi connectivity index (χ2n) is 6.99. The molecule has 2 heterocycles. The summed E-state index contributed by atoms with van der Waals surface area (Å²) in [4.78, 5) is 2.54. The Bertz CT molecular complexity index is 439. The van der Waals surface area contributed by atoms with Gasteiger partial charge in [-0.25, -0.2) is 0 Å². The molecule has 2 rings (SSSR count). The highest BCUT2D eigenvalue weighted by molar-refractivity contribution is 5.22. The van der Waals surface area contributed by atoms with Gasteiger partial charge in [0.05, 0.1) is 17.9 Å². The van der Waals surface area contributed by atoms with Crippen LogP contribution in [0.4, 0.5) is 0 Å². The Labute approximate surface area is 128 Å². The van der Waals surface area contributed by atoms with Crippen molar-refractivity contribution < 1.29 is 4.74 Å². The van der Waals surface area contributed by atoms with Gasteiger partial charge in [0.1, 0.15) is 0 Å². The van der Waals surface area contributed by atoms with Gasteiger partial charge in [0.25, 0.3) is 0 Å². The Morgan fingerprint density at radius 2 is 1.90 bits per heavy atom. The van der Waals surface area contributed by atoms with Gasteiger partial charge in [-0.15, -0.1) is 0 Å². The summed E-state index contributed by atoms with van der Waals surface area (Å²) < 4.78 is 5.83. The number of hydrogen-bond donors (Lipinski definition) is 2. The van der Waals surface area contributed by atoms with E-state index in [-0.39, 0.29) is 5.54 Å². The molecule has 1 aliphatic heterocycles. The van der Waals surface area contributed by atoms with Crippen molar-refractivity contribution in [2.45, 2.75) is 65.8 Å². The number of aromatic amines is 1. The minimum atomic E-state index is 0.123. The molecule has 0 saturated carbocycles. The molecule has 1 saturated heterocycles. The van der Waals surface area contributed by atoms with Crippen LogP contribution in [-0.2, 0) is 11.3 Å². The lowest BCUT2D eigenvalue weighted by Gasteiger charge is -2.45. The maximum Gasteiger partial charge on any atom is 0.0678 e. The topological polar surface area (TPSA) is 53.2 Å². The maximum absolute atomic E-state index is 5.83. The molecule has 0 aliphatic carbocycles. The number of aromatic nitrogens is 2. The Morgan fingerprint density at radius 1 is 1.29 bits per heavy atom. The fraction of sp³-hybridized carbons (Fsp3) is 0.812. The van der Waals surface area contributed by atoms with Crippen LogP contribution in [0.2, 0.25) is 0 Å². The van der Waals surface area contributed by atoms with Crippen LogP contribution in [0.5, 0.6) is 0 Å². The van der Waals surface area contributed by atoms with Gasteiger partial charge in [-0.1, -0.05) is 0 Å². The zero-order valence-corrected chi connectivity index (χ0v) is 14.3. The van der Waals surface area contributed by atoms with Gasteiger partial charge in [0.15, 0.2) is 0 Å². The number of ether oxygens (including phenoxy) is 1. The van der Waals surface area contributed by atoms with Crippen LogP contribution in [0.3, 0.4) is 0 Å². The van der Waals surface area contributed by atoms with Crippen LogP contribution >= 0.6 is 0 Å². The van der Waals surface area contributed by atoms with E-state index in [0.29, 0.717) is 12.2 Å². The van der Waals surface area contributed by atoms with E-state index in [9.17, 15) is 0 Å². The fourth-order valence-corrected chi connectivity index (χ4v) is 3.11. The van der Waals surface area contributed by atoms with Gasteiger partial charge < -0.3 is 10.1 Å². The van der Waals surface area contributed by atoms with Crippen molar-refractivity contribution in [1.29, 1.82) is 0 Å². The first kappa shape index (κ1) is 16.5. The van der Waals surface area contributed by atoms with Gasteiger partial charge in [-0.05, 0) is 41.5 Å². The van der Waals surface area contributed by atoms with Crippen molar-refractivity contribution in [3.63, 3.8) is 0 Å². The molecule has 2 N–H and O–H groups in total. The molecular formula is C16H30N4O. The molecular weight excluding hydrogens is 264 g/mol. The fourth-order valence-electron chi connectivity index (χ4n) is 3.11. The molecule has 1 aromatic heterocycles. The van der Waals surface area contributed by atoms with Gasteiger partial charge in [0, 0.05) is 43.0 Å². The van der Waals surface area contributed by atoms with Crippen molar-refractivity contribution in [3.05, 3.63) is 17.0 Å². The summed E-state index contributed by atoms with van der Waals surface area (Å²) in [7, 11) is 0. The molecule has 0 radical (unpaired) electrons. The molecule has 5 heteroatoms. The predicted octanol–water partition coefficient (Wildman–Crippen LogP) is 2.00. The average molecular weight is 294 g/mol. The molecule has 21 heavy (non-hydrogen) atoms. The third kappa shape index (κ3) is 4.05. The zero-order valence-electron chi connectivity index (χ0n) is 14.3. The van der Waals surface area contributed by atoms with Crippen LogP contribution in [0.25, 0.3) is 0 Å². The maximum atomic E-state index is 5.83. The molecule has 0 bridgehead atoms. The third-order valence-corrected chi connectivity index (χ3v) is 4.42. The summed E-state index contributed by atoms with van der Waals surface area (Å²) >= 11 is 0. The first-order valence-corrected chi connectivity index (χ1v) is 7.91. The number of nitrogens with zero attached hydrogens (tertiary/aromatic N) is 2. The number of H-pyrrole nitrogens is 1. The standard InChI is InChI=1S/C16H30N4O/c1-11-8-20(9-12(2)21-11)16(5,6)10-17-7-15-13(3)18-19-14(15)4/h11-12,17H,7-10H2,1-6H3,(H,18,19)/t11-,12-/m1/s1. The van der Waals surface area contributed by atoms with E-state index in [1.165, 1.54) is 5.56 Å². The van der Waals surface area contributed by atoms with E-state index in [1.54, 1.807) is 0 Å². The summed E-state index contributed by atoms with van der Waals surface area (Å²) in [6.45, 7) is 16.9. The number of aryl methyl sites for hydroxylation is 2. The monoisotopic (exact) mass is 294 g/mol. The van der Waals surface area contributed by atoms with Crippen molar-refractivity contribution in [2.75, 3.05) is 19.6 Å². The Balaban J connectivity index is 1.89. The first-order valence-electron chi connectivity index (χ1n) is 7.91. The summed E-state index contributed by atoms with van der Waals surface area (Å²) in [5, 5.41) is 10.9. The quantitative estimate of drug-likeness (QED) is 0.872. The number of morpholine rings is 1. The van der Waals surface area contributed by atoms with Crippen molar-refractivity contribution in [1.82, 2.24) is 20.4 Å². The Kier molecular flexibility index (Phi) is 5.07. The molecule has 0 spiro atoms. The third-order valence-electron chi connectivity index (χ3n) is 4.42. The minimum absolute atomic E-state index is 0.123. The van der Waals surface area contributed by atoms with Crippen molar-refractivity contribution in [3.8, 4) is 0 Å². The highest BCUT2D eigenvalue weighted by atomic mass is 16.5. The van der Waals surface area contributed by atoms with Crippen LogP contribution < -0.4 is 5.32 Å². The molecule has 0 unspecified atom stereocenters. The van der Waals surface area contributed by atoms with Gasteiger partial charge in [-0.3, -0.25) is 10.00 Å². The zero-order chi connectivity index (χ0) is 15.6. The van der Waals surface area contributed by atoms with E-state index >= 15 is 0 Å². The summed E-state index contributed by atoms with van der Waals surface area (Å²) in [5.74, 6) is 0. The van der Waals surface area contributed by atoms with Crippen LogP contribution in [0.1, 0.15) is 44.6 Å². The summed E-state index contributed by atoms with van der Waals surface area (Å²) in [6.07, 6.45) is 0.623. The molecule has 5 nitrogen and oxygen atoms in total. The smallest absolute Gasteiger partial charge is 0.0678 e. The molecule has 120 valence electrons. The lowest BCUT2D eigenvalue weighted by atomic mass is 10.00. The van der Waals surface area contributed by atoms with Gasteiger partial charge in [0.2, 0.25) is 0 Å². The lowest BCUT2D eigenvalue weighted by molar-refractivity contribution is -0.0952. The molecule has 0 amide bonds. The van der Waals surface area contributed by atoms with Gasteiger partial charge >= 0.3 is 0 Å². The van der Waals surface area contributed by atoms with E-state index in [1.807, 2.05) is 0 Å². The second-order valence-corrected chi connectivity index (χ2v) is 6.99. The van der Waals surface area contributed by atoms with Crippen molar-refractivity contribution in [2.24, 2.45) is 0 Å². The largest absolute Gasteiger partial charge is 0.373 e. The van der Waals surface area contributed by atoms with E-state index in [2.05, 4.69) is 62.0 Å². The average Bonchev–Trinajstić information content (AvgIpc) is 2.69. The molecule has 1 aromatic rings. The normalized spacial score (nSPS) is 24.5. The minimum Gasteiger partial charge on any atom is -0.373 e. The Morgan fingerprint density at radius 3 is 2.43 bits per heavy atom. The number of rotatable bonds is 5. The molecule has 0 aromatic carbocycles. The summed E-state index contributed by atoms with van der Waals surface area (Å²) in [5.41, 5.74) is 3.66. The van der Waals surface area contributed by atoms with Crippen LogP contribution in [0.15, 0.2) is 0 Å². The number of nitrogens with one attached hydrogen (secondary N) is 2. The predicted molar refractivity (Wildman–Crippen MR) is 85.4 cm³/mol. The second kappa shape index (κ2) is 6.46. The highest BCUT2D eigenvalue weighted by Crippen LogP contribution is 2.21. The van der Waals surface area contributed by atoms with E-state index < -0.39 is 0 Å². The molecule has 1 fully saturated rings. The van der Waals surface area contributed by atoms with E-state index in [0.717, 1.165) is 37.6 Å². The number of hydrogen-bond acceptors (Lipinski definition) is 4. The lowest BCUT2D eigenvalue weighted by Crippen LogP contribution is -2.58.